The third-order valence-corrected chi connectivity index (χ3v) is 2.81. The molecule has 0 saturated carbocycles. The summed E-state index contributed by atoms with van der Waals surface area (Å²) < 4.78 is 2.14. The molecule has 1 heterocycles. The van der Waals surface area contributed by atoms with E-state index in [4.69, 9.17) is 5.11 Å². The van der Waals surface area contributed by atoms with E-state index in [1.807, 2.05) is 13.8 Å². The molecule has 84 valence electrons. The quantitative estimate of drug-likeness (QED) is 0.893. The molecule has 0 bridgehead atoms. The summed E-state index contributed by atoms with van der Waals surface area (Å²) in [5.74, 6) is -0.868. The molecule has 0 amide bonds. The third-order valence-electron chi connectivity index (χ3n) is 2.20. The molecule has 0 spiro atoms. The lowest BCUT2D eigenvalue weighted by Crippen LogP contribution is -2.21. The Morgan fingerprint density at radius 3 is 2.73 bits per heavy atom. The third kappa shape index (κ3) is 2.56. The molecule has 0 radical (unpaired) electrons. The summed E-state index contributed by atoms with van der Waals surface area (Å²) in [4.78, 5) is 11.0. The van der Waals surface area contributed by atoms with Crippen molar-refractivity contribution in [3.05, 3.63) is 10.3 Å². The largest absolute Gasteiger partial charge is 0.480 e. The maximum absolute atomic E-state index is 11.0. The summed E-state index contributed by atoms with van der Waals surface area (Å²) >= 11 is 3.28. The van der Waals surface area contributed by atoms with Gasteiger partial charge in [0.25, 0.3) is 0 Å². The van der Waals surface area contributed by atoms with E-state index in [9.17, 15) is 4.79 Å². The van der Waals surface area contributed by atoms with Gasteiger partial charge in [-0.15, -0.1) is 5.10 Å². The maximum Gasteiger partial charge on any atom is 0.328 e. The first kappa shape index (κ1) is 12.2. The van der Waals surface area contributed by atoms with Crippen molar-refractivity contribution in [3.8, 4) is 0 Å². The highest BCUT2D eigenvalue weighted by Gasteiger charge is 2.22. The predicted molar refractivity (Wildman–Crippen MR) is 58.7 cm³/mol. The highest BCUT2D eigenvalue weighted by molar-refractivity contribution is 9.10. The number of nitrogens with zero attached hydrogens (tertiary/aromatic N) is 3. The molecule has 0 aliphatic rings. The molecule has 1 N–H and O–H groups in total. The number of aliphatic carboxylic acids is 1. The van der Waals surface area contributed by atoms with Crippen molar-refractivity contribution in [2.45, 2.75) is 39.2 Å². The number of rotatable bonds is 5. The molecule has 0 aliphatic carbocycles. The van der Waals surface area contributed by atoms with E-state index in [0.29, 0.717) is 11.0 Å². The summed E-state index contributed by atoms with van der Waals surface area (Å²) in [5, 5.41) is 16.7. The summed E-state index contributed by atoms with van der Waals surface area (Å²) in [6.07, 6.45) is 2.21. The Kier molecular flexibility index (Phi) is 4.26. The first-order chi connectivity index (χ1) is 7.11. The van der Waals surface area contributed by atoms with Crippen molar-refractivity contribution in [2.24, 2.45) is 0 Å². The van der Waals surface area contributed by atoms with Crippen molar-refractivity contribution in [2.75, 3.05) is 0 Å². The Balaban J connectivity index is 3.06. The van der Waals surface area contributed by atoms with Crippen LogP contribution in [0.1, 0.15) is 38.4 Å². The number of hydrogen-bond donors (Lipinski definition) is 1. The highest BCUT2D eigenvalue weighted by atomic mass is 79.9. The van der Waals surface area contributed by atoms with E-state index < -0.39 is 12.0 Å². The number of halogens is 1. The number of aromatic nitrogens is 3. The maximum atomic E-state index is 11.0. The number of hydrogen-bond acceptors (Lipinski definition) is 3. The lowest BCUT2D eigenvalue weighted by Gasteiger charge is -2.12. The van der Waals surface area contributed by atoms with Gasteiger partial charge in [-0.05, 0) is 28.8 Å². The van der Waals surface area contributed by atoms with E-state index in [1.165, 1.54) is 4.68 Å². The molecule has 0 saturated heterocycles. The molecule has 15 heavy (non-hydrogen) atoms. The minimum Gasteiger partial charge on any atom is -0.480 e. The van der Waals surface area contributed by atoms with Crippen LogP contribution in [0, 0.1) is 0 Å². The van der Waals surface area contributed by atoms with Gasteiger partial charge in [0.15, 0.2) is 10.6 Å². The molecular weight excluding hydrogens is 262 g/mol. The van der Waals surface area contributed by atoms with E-state index in [-0.39, 0.29) is 0 Å². The predicted octanol–water partition coefficient (Wildman–Crippen LogP) is 2.03. The van der Waals surface area contributed by atoms with Crippen molar-refractivity contribution < 1.29 is 9.90 Å². The monoisotopic (exact) mass is 275 g/mol. The first-order valence-corrected chi connectivity index (χ1v) is 5.73. The average Bonchev–Trinajstić information content (AvgIpc) is 2.51. The molecule has 1 atom stereocenters. The first-order valence-electron chi connectivity index (χ1n) is 4.94. The topological polar surface area (TPSA) is 68.0 Å². The standard InChI is InChI=1S/C9H14BrN3O2/c1-3-5-7-8(10)11-12-13(7)6(4-2)9(14)15/h6H,3-5H2,1-2H3,(H,14,15). The van der Waals surface area contributed by atoms with Gasteiger partial charge in [0.05, 0.1) is 5.69 Å². The number of carboxylic acids is 1. The molecule has 1 aromatic rings. The highest BCUT2D eigenvalue weighted by Crippen LogP contribution is 2.20. The Morgan fingerprint density at radius 1 is 1.60 bits per heavy atom. The normalized spacial score (nSPS) is 12.7. The van der Waals surface area contributed by atoms with Gasteiger partial charge in [-0.2, -0.15) is 0 Å². The van der Waals surface area contributed by atoms with Crippen LogP contribution in [0.5, 0.6) is 0 Å². The van der Waals surface area contributed by atoms with Gasteiger partial charge in [-0.3, -0.25) is 0 Å². The summed E-state index contributed by atoms with van der Waals surface area (Å²) in [7, 11) is 0. The second-order valence-corrected chi connectivity index (χ2v) is 4.03. The van der Waals surface area contributed by atoms with E-state index in [0.717, 1.165) is 18.5 Å². The lowest BCUT2D eigenvalue weighted by atomic mass is 10.2. The number of carboxylic acid groups (broad SMARTS) is 1. The second-order valence-electron chi connectivity index (χ2n) is 3.28. The molecule has 1 unspecified atom stereocenters. The van der Waals surface area contributed by atoms with Crippen LogP contribution in [0.25, 0.3) is 0 Å². The van der Waals surface area contributed by atoms with E-state index in [1.54, 1.807) is 0 Å². The van der Waals surface area contributed by atoms with Gasteiger partial charge in [-0.1, -0.05) is 25.5 Å². The Hall–Kier alpha value is -0.910. The van der Waals surface area contributed by atoms with Crippen LogP contribution in [0.15, 0.2) is 4.60 Å². The van der Waals surface area contributed by atoms with Crippen LogP contribution >= 0.6 is 15.9 Å². The van der Waals surface area contributed by atoms with Crippen LogP contribution < -0.4 is 0 Å². The van der Waals surface area contributed by atoms with Crippen molar-refractivity contribution in [1.29, 1.82) is 0 Å². The number of carbonyl (C=O) groups is 1. The minimum absolute atomic E-state index is 0.502. The van der Waals surface area contributed by atoms with Crippen LogP contribution in [0.3, 0.4) is 0 Å². The lowest BCUT2D eigenvalue weighted by molar-refractivity contribution is -0.141. The second kappa shape index (κ2) is 5.25. The van der Waals surface area contributed by atoms with Gasteiger partial charge in [0, 0.05) is 0 Å². The van der Waals surface area contributed by atoms with Crippen LogP contribution in [0.2, 0.25) is 0 Å². The Morgan fingerprint density at radius 2 is 2.27 bits per heavy atom. The zero-order chi connectivity index (χ0) is 11.4. The molecule has 0 aliphatic heterocycles. The van der Waals surface area contributed by atoms with Gasteiger partial charge < -0.3 is 5.11 Å². The smallest absolute Gasteiger partial charge is 0.328 e. The van der Waals surface area contributed by atoms with Gasteiger partial charge in [0.1, 0.15) is 0 Å². The van der Waals surface area contributed by atoms with Crippen LogP contribution in [-0.2, 0) is 11.2 Å². The Bertz CT molecular complexity index is 351. The molecule has 0 aromatic carbocycles. The van der Waals surface area contributed by atoms with Gasteiger partial charge in [0.2, 0.25) is 0 Å². The van der Waals surface area contributed by atoms with Crippen molar-refractivity contribution in [1.82, 2.24) is 15.0 Å². The van der Waals surface area contributed by atoms with Gasteiger partial charge >= 0.3 is 5.97 Å². The zero-order valence-corrected chi connectivity index (χ0v) is 10.4. The fraction of sp³-hybridized carbons (Fsp3) is 0.667. The van der Waals surface area contributed by atoms with Crippen molar-refractivity contribution >= 4 is 21.9 Å². The fourth-order valence-corrected chi connectivity index (χ4v) is 1.90. The van der Waals surface area contributed by atoms with Crippen LogP contribution in [0.4, 0.5) is 0 Å². The van der Waals surface area contributed by atoms with Crippen LogP contribution in [-0.4, -0.2) is 26.1 Å². The summed E-state index contributed by atoms with van der Waals surface area (Å²) in [6.45, 7) is 3.86. The summed E-state index contributed by atoms with van der Waals surface area (Å²) in [6, 6.07) is -0.620. The Labute approximate surface area is 96.6 Å². The van der Waals surface area contributed by atoms with E-state index >= 15 is 0 Å². The van der Waals surface area contributed by atoms with Crippen molar-refractivity contribution in [3.63, 3.8) is 0 Å². The average molecular weight is 276 g/mol. The minimum atomic E-state index is -0.868. The molecule has 1 rings (SSSR count). The molecular formula is C9H14BrN3O2. The molecule has 1 aromatic heterocycles. The van der Waals surface area contributed by atoms with Gasteiger partial charge in [-0.25, -0.2) is 9.48 Å². The summed E-state index contributed by atoms with van der Waals surface area (Å²) in [5.41, 5.74) is 0.853. The molecule has 0 fully saturated rings. The molecule has 5 nitrogen and oxygen atoms in total. The SMILES string of the molecule is CCCc1c(Br)nnn1C(CC)C(=O)O. The van der Waals surface area contributed by atoms with E-state index in [2.05, 4.69) is 26.2 Å². The molecule has 6 heteroatoms. The fourth-order valence-electron chi connectivity index (χ4n) is 1.45. The zero-order valence-electron chi connectivity index (χ0n) is 8.77.